The van der Waals surface area contributed by atoms with Crippen LogP contribution < -0.4 is 14.8 Å². The minimum Gasteiger partial charge on any atom is -0.493 e. The highest BCUT2D eigenvalue weighted by Crippen LogP contribution is 2.28. The van der Waals surface area contributed by atoms with Crippen LogP contribution in [0, 0.1) is 13.8 Å². The quantitative estimate of drug-likeness (QED) is 0.426. The number of nitrogens with zero attached hydrogens (tertiary/aromatic N) is 1. The van der Waals surface area contributed by atoms with Crippen molar-refractivity contribution in [3.63, 3.8) is 0 Å². The van der Waals surface area contributed by atoms with E-state index in [1.807, 2.05) is 56.3 Å². The predicted molar refractivity (Wildman–Crippen MR) is 126 cm³/mol. The fourth-order valence-corrected chi connectivity index (χ4v) is 4.07. The molecule has 0 aliphatic carbocycles. The van der Waals surface area contributed by atoms with Crippen molar-refractivity contribution in [2.24, 2.45) is 0 Å². The lowest BCUT2D eigenvalue weighted by Gasteiger charge is -2.11. The van der Waals surface area contributed by atoms with Gasteiger partial charge in [-0.15, -0.1) is 0 Å². The minimum atomic E-state index is -0.905. The van der Waals surface area contributed by atoms with Gasteiger partial charge in [0.15, 0.2) is 11.5 Å². The van der Waals surface area contributed by atoms with Crippen LogP contribution in [-0.4, -0.2) is 36.4 Å². The van der Waals surface area contributed by atoms with Crippen molar-refractivity contribution in [2.45, 2.75) is 33.4 Å². The zero-order chi connectivity index (χ0) is 23.3. The Bertz CT molecular complexity index is 1090. The second kappa shape index (κ2) is 10.6. The number of hydrogen-bond acceptors (Lipinski definition) is 4. The molecule has 0 aliphatic heterocycles. The summed E-state index contributed by atoms with van der Waals surface area (Å²) in [5, 5.41) is 13.9. The molecule has 0 saturated heterocycles. The summed E-state index contributed by atoms with van der Waals surface area (Å²) in [6.07, 6.45) is 0.784. The summed E-state index contributed by atoms with van der Waals surface area (Å²) >= 11 is 5.99. The maximum absolute atomic E-state index is 12.0. The van der Waals surface area contributed by atoms with Gasteiger partial charge in [-0.1, -0.05) is 29.8 Å². The summed E-state index contributed by atoms with van der Waals surface area (Å²) in [6, 6.07) is 13.5. The van der Waals surface area contributed by atoms with E-state index >= 15 is 0 Å². The summed E-state index contributed by atoms with van der Waals surface area (Å²) in [5.74, 6) is 0.490. The number of benzene rings is 2. The van der Waals surface area contributed by atoms with Crippen molar-refractivity contribution < 1.29 is 19.4 Å². The first-order valence-corrected chi connectivity index (χ1v) is 10.8. The number of carbonyl (C=O) groups is 1. The summed E-state index contributed by atoms with van der Waals surface area (Å²) in [7, 11) is 3.23. The van der Waals surface area contributed by atoms with E-state index in [2.05, 4.69) is 9.88 Å². The third kappa shape index (κ3) is 5.26. The SMILES string of the molecule is COc1ccc(CCNCc2c(C(=O)O)c(C)n(Cc3ccc(Cl)cc3)c2C)cc1OC. The van der Waals surface area contributed by atoms with Crippen LogP contribution >= 0.6 is 11.6 Å². The van der Waals surface area contributed by atoms with E-state index in [0.717, 1.165) is 34.5 Å². The molecule has 0 amide bonds. The standard InChI is InChI=1S/C25H29ClN2O4/c1-16-21(14-27-12-11-18-7-10-22(31-3)23(13-18)32-4)24(25(29)30)17(2)28(16)15-19-5-8-20(26)9-6-19/h5-10,13,27H,11-12,14-15H2,1-4H3,(H,29,30). The zero-order valence-electron chi connectivity index (χ0n) is 18.9. The van der Waals surface area contributed by atoms with Gasteiger partial charge >= 0.3 is 5.97 Å². The number of rotatable bonds is 10. The number of aromatic carboxylic acids is 1. The molecular formula is C25H29ClN2O4. The van der Waals surface area contributed by atoms with Crippen LogP contribution in [0.4, 0.5) is 0 Å². The van der Waals surface area contributed by atoms with Crippen LogP contribution in [0.15, 0.2) is 42.5 Å². The first kappa shape index (κ1) is 23.7. The van der Waals surface area contributed by atoms with Gasteiger partial charge in [0.1, 0.15) is 0 Å². The normalized spacial score (nSPS) is 10.9. The number of carboxylic acids is 1. The van der Waals surface area contributed by atoms with Gasteiger partial charge in [-0.25, -0.2) is 4.79 Å². The molecule has 170 valence electrons. The summed E-state index contributed by atoms with van der Waals surface area (Å²) in [5.41, 5.74) is 5.07. The van der Waals surface area contributed by atoms with Crippen molar-refractivity contribution in [2.75, 3.05) is 20.8 Å². The Balaban J connectivity index is 1.72. The largest absolute Gasteiger partial charge is 0.493 e. The Kier molecular flexibility index (Phi) is 7.83. The molecule has 0 spiro atoms. The smallest absolute Gasteiger partial charge is 0.337 e. The molecule has 1 heterocycles. The van der Waals surface area contributed by atoms with Crippen LogP contribution in [0.1, 0.15) is 38.4 Å². The molecule has 7 heteroatoms. The van der Waals surface area contributed by atoms with Gasteiger partial charge in [0.25, 0.3) is 0 Å². The van der Waals surface area contributed by atoms with Gasteiger partial charge < -0.3 is 24.5 Å². The van der Waals surface area contributed by atoms with Gasteiger partial charge in [0.05, 0.1) is 19.8 Å². The first-order chi connectivity index (χ1) is 15.3. The van der Waals surface area contributed by atoms with Gasteiger partial charge in [-0.3, -0.25) is 0 Å². The molecule has 0 aliphatic rings. The molecule has 3 rings (SSSR count). The van der Waals surface area contributed by atoms with Crippen molar-refractivity contribution in [1.82, 2.24) is 9.88 Å². The Labute approximate surface area is 193 Å². The topological polar surface area (TPSA) is 72.7 Å². The maximum Gasteiger partial charge on any atom is 0.337 e. The van der Waals surface area contributed by atoms with Crippen LogP contribution in [-0.2, 0) is 19.5 Å². The average molecular weight is 457 g/mol. The Morgan fingerprint density at radius 2 is 1.66 bits per heavy atom. The van der Waals surface area contributed by atoms with Crippen LogP contribution in [0.5, 0.6) is 11.5 Å². The molecule has 0 bridgehead atoms. The molecule has 0 unspecified atom stereocenters. The second-order valence-electron chi connectivity index (χ2n) is 7.66. The third-order valence-electron chi connectivity index (χ3n) is 5.72. The predicted octanol–water partition coefficient (Wildman–Crippen LogP) is 4.85. The Morgan fingerprint density at radius 1 is 1.00 bits per heavy atom. The lowest BCUT2D eigenvalue weighted by molar-refractivity contribution is 0.0694. The third-order valence-corrected chi connectivity index (χ3v) is 5.97. The number of methoxy groups -OCH3 is 2. The maximum atomic E-state index is 12.0. The highest BCUT2D eigenvalue weighted by Gasteiger charge is 2.22. The lowest BCUT2D eigenvalue weighted by atomic mass is 10.1. The Hall–Kier alpha value is -2.96. The molecule has 0 radical (unpaired) electrons. The van der Waals surface area contributed by atoms with E-state index < -0.39 is 5.97 Å². The molecule has 0 atom stereocenters. The van der Waals surface area contributed by atoms with Crippen molar-refractivity contribution in [3.8, 4) is 11.5 Å². The van der Waals surface area contributed by atoms with Gasteiger partial charge in [-0.2, -0.15) is 0 Å². The molecule has 3 aromatic rings. The van der Waals surface area contributed by atoms with Crippen LogP contribution in [0.3, 0.4) is 0 Å². The van der Waals surface area contributed by atoms with E-state index in [1.165, 1.54) is 0 Å². The number of carboxylic acid groups (broad SMARTS) is 1. The summed E-state index contributed by atoms with van der Waals surface area (Å²) < 4.78 is 12.7. The monoisotopic (exact) mass is 456 g/mol. The van der Waals surface area contributed by atoms with E-state index in [0.29, 0.717) is 41.7 Å². The average Bonchev–Trinajstić information content (AvgIpc) is 3.02. The van der Waals surface area contributed by atoms with Crippen LogP contribution in [0.2, 0.25) is 5.02 Å². The summed E-state index contributed by atoms with van der Waals surface area (Å²) in [4.78, 5) is 12.0. The van der Waals surface area contributed by atoms with E-state index in [-0.39, 0.29) is 0 Å². The van der Waals surface area contributed by atoms with E-state index in [9.17, 15) is 9.90 Å². The van der Waals surface area contributed by atoms with E-state index in [1.54, 1.807) is 14.2 Å². The number of hydrogen-bond donors (Lipinski definition) is 2. The molecule has 0 fully saturated rings. The van der Waals surface area contributed by atoms with Crippen molar-refractivity contribution in [1.29, 1.82) is 0 Å². The first-order valence-electron chi connectivity index (χ1n) is 10.4. The highest BCUT2D eigenvalue weighted by molar-refractivity contribution is 6.30. The Morgan fingerprint density at radius 3 is 2.28 bits per heavy atom. The number of ether oxygens (including phenoxy) is 2. The minimum absolute atomic E-state index is 0.370. The van der Waals surface area contributed by atoms with Crippen molar-refractivity contribution >= 4 is 17.6 Å². The molecule has 1 aromatic heterocycles. The lowest BCUT2D eigenvalue weighted by Crippen LogP contribution is -2.18. The highest BCUT2D eigenvalue weighted by atomic mass is 35.5. The van der Waals surface area contributed by atoms with E-state index in [4.69, 9.17) is 21.1 Å². The molecule has 2 aromatic carbocycles. The number of nitrogens with one attached hydrogen (secondary N) is 1. The van der Waals surface area contributed by atoms with Gasteiger partial charge in [0.2, 0.25) is 0 Å². The molecular weight excluding hydrogens is 428 g/mol. The second-order valence-corrected chi connectivity index (χ2v) is 8.09. The van der Waals surface area contributed by atoms with Crippen LogP contribution in [0.25, 0.3) is 0 Å². The fraction of sp³-hybridized carbons (Fsp3) is 0.320. The molecule has 32 heavy (non-hydrogen) atoms. The molecule has 0 saturated carbocycles. The fourth-order valence-electron chi connectivity index (χ4n) is 3.94. The molecule has 6 nitrogen and oxygen atoms in total. The zero-order valence-corrected chi connectivity index (χ0v) is 19.6. The number of aromatic nitrogens is 1. The summed E-state index contributed by atoms with van der Waals surface area (Å²) in [6.45, 7) is 5.62. The van der Waals surface area contributed by atoms with Gasteiger partial charge in [-0.05, 0) is 62.2 Å². The number of halogens is 1. The van der Waals surface area contributed by atoms with Gasteiger partial charge in [0, 0.05) is 35.1 Å². The molecule has 2 N–H and O–H groups in total. The van der Waals surface area contributed by atoms with Crippen molar-refractivity contribution in [3.05, 3.63) is 81.1 Å².